The van der Waals surface area contributed by atoms with Gasteiger partial charge in [-0.1, -0.05) is 32.4 Å². The summed E-state index contributed by atoms with van der Waals surface area (Å²) in [6.45, 7) is 9.04. The fourth-order valence-electron chi connectivity index (χ4n) is 0.755. The van der Waals surface area contributed by atoms with Gasteiger partial charge in [-0.25, -0.2) is 0 Å². The number of hydrogen-bond donors (Lipinski definition) is 1. The summed E-state index contributed by atoms with van der Waals surface area (Å²) in [7, 11) is 0. The van der Waals surface area contributed by atoms with Crippen molar-refractivity contribution < 1.29 is 9.90 Å². The molecule has 1 aliphatic rings. The molecule has 0 bridgehead atoms. The average Bonchev–Trinajstić information content (AvgIpc) is 2.96. The van der Waals surface area contributed by atoms with Crippen LogP contribution in [0.4, 0.5) is 0 Å². The Morgan fingerprint density at radius 2 is 2.07 bits per heavy atom. The van der Waals surface area contributed by atoms with Crippen molar-refractivity contribution >= 4 is 12.7 Å². The summed E-state index contributed by atoms with van der Waals surface area (Å²) in [4.78, 5) is 13.6. The van der Waals surface area contributed by atoms with E-state index in [0.717, 1.165) is 11.5 Å². The molecule has 1 aliphatic carbocycles. The highest BCUT2D eigenvalue weighted by Crippen LogP contribution is 2.26. The number of aliphatic carboxylic acids is 1. The van der Waals surface area contributed by atoms with Gasteiger partial charge in [-0.15, -0.1) is 0 Å². The van der Waals surface area contributed by atoms with Crippen LogP contribution >= 0.6 is 0 Å². The van der Waals surface area contributed by atoms with Gasteiger partial charge in [0.25, 0.3) is 0 Å². The smallest absolute Gasteiger partial charge is 0.303 e. The molecule has 0 heterocycles. The monoisotopic (exact) mass is 209 g/mol. The van der Waals surface area contributed by atoms with Crippen molar-refractivity contribution in [1.82, 2.24) is 0 Å². The van der Waals surface area contributed by atoms with Gasteiger partial charge in [0.05, 0.1) is 0 Å². The Balaban J connectivity index is 0.000000401. The van der Waals surface area contributed by atoms with E-state index in [2.05, 4.69) is 25.2 Å². The molecular formula is C12H19NO2. The molecule has 0 aromatic rings. The molecule has 3 nitrogen and oxygen atoms in total. The first-order valence-electron chi connectivity index (χ1n) is 5.09. The van der Waals surface area contributed by atoms with Crippen LogP contribution in [0.1, 0.15) is 32.6 Å². The minimum atomic E-state index is -0.818. The van der Waals surface area contributed by atoms with Crippen LogP contribution in [0.5, 0.6) is 0 Å². The molecule has 0 spiro atoms. The van der Waals surface area contributed by atoms with Gasteiger partial charge in [-0.3, -0.25) is 9.79 Å². The average molecular weight is 209 g/mol. The molecule has 1 fully saturated rings. The van der Waals surface area contributed by atoms with Crippen molar-refractivity contribution in [2.24, 2.45) is 10.9 Å². The van der Waals surface area contributed by atoms with Crippen molar-refractivity contribution in [2.45, 2.75) is 32.6 Å². The molecule has 15 heavy (non-hydrogen) atoms. The van der Waals surface area contributed by atoms with Gasteiger partial charge in [-0.05, 0) is 24.6 Å². The molecule has 0 aromatic carbocycles. The second kappa shape index (κ2) is 7.97. The fraction of sp³-hybridized carbons (Fsp3) is 0.500. The van der Waals surface area contributed by atoms with Gasteiger partial charge >= 0.3 is 5.97 Å². The van der Waals surface area contributed by atoms with E-state index >= 15 is 0 Å². The summed E-state index contributed by atoms with van der Waals surface area (Å²) < 4.78 is 0. The lowest BCUT2D eigenvalue weighted by Gasteiger charge is -1.95. The highest BCUT2D eigenvalue weighted by atomic mass is 16.4. The van der Waals surface area contributed by atoms with Gasteiger partial charge < -0.3 is 5.11 Å². The largest absolute Gasteiger partial charge is 0.481 e. The molecule has 1 N–H and O–H groups in total. The minimum Gasteiger partial charge on any atom is -0.481 e. The van der Waals surface area contributed by atoms with Gasteiger partial charge in [0.1, 0.15) is 0 Å². The van der Waals surface area contributed by atoms with Gasteiger partial charge in [0.15, 0.2) is 0 Å². The Morgan fingerprint density at radius 1 is 1.53 bits per heavy atom. The van der Waals surface area contributed by atoms with Crippen LogP contribution in [0.2, 0.25) is 0 Å². The van der Waals surface area contributed by atoms with Crippen LogP contribution < -0.4 is 0 Å². The van der Waals surface area contributed by atoms with Crippen molar-refractivity contribution in [3.63, 3.8) is 0 Å². The Labute approximate surface area is 91.2 Å². The molecule has 84 valence electrons. The number of nitrogens with zero attached hydrogens (tertiary/aromatic N) is 1. The van der Waals surface area contributed by atoms with Crippen molar-refractivity contribution in [3.05, 3.63) is 24.4 Å². The number of rotatable bonds is 5. The first-order valence-corrected chi connectivity index (χ1v) is 5.09. The van der Waals surface area contributed by atoms with E-state index in [1.165, 1.54) is 19.0 Å². The van der Waals surface area contributed by atoms with E-state index in [1.54, 1.807) is 6.08 Å². The summed E-state index contributed by atoms with van der Waals surface area (Å²) in [5, 5.41) is 8.32. The summed E-state index contributed by atoms with van der Waals surface area (Å²) in [5.41, 5.74) is 0.794. The molecule has 1 rings (SSSR count). The van der Waals surface area contributed by atoms with E-state index in [-0.39, 0.29) is 6.42 Å². The summed E-state index contributed by atoms with van der Waals surface area (Å²) >= 11 is 0. The molecule has 0 unspecified atom stereocenters. The summed E-state index contributed by atoms with van der Waals surface area (Å²) in [6, 6.07) is 0. The SMILES string of the molecule is C=C/C(=C\N=C)CCC(=O)O.CC1CC1. The number of allylic oxidation sites excluding steroid dienone is 2. The second-order valence-electron chi connectivity index (χ2n) is 3.67. The van der Waals surface area contributed by atoms with E-state index in [0.29, 0.717) is 6.42 Å². The third-order valence-corrected chi connectivity index (χ3v) is 2.01. The molecule has 0 saturated heterocycles. The molecule has 0 aliphatic heterocycles. The number of carbonyl (C=O) groups is 1. The molecule has 0 amide bonds. The Bertz CT molecular complexity index is 252. The molecule has 0 aromatic heterocycles. The molecule has 3 heteroatoms. The lowest BCUT2D eigenvalue weighted by molar-refractivity contribution is -0.136. The number of carboxylic acid groups (broad SMARTS) is 1. The molecule has 0 radical (unpaired) electrons. The predicted octanol–water partition coefficient (Wildman–Crippen LogP) is 3.04. The van der Waals surface area contributed by atoms with Crippen molar-refractivity contribution in [1.29, 1.82) is 0 Å². The molecule has 0 atom stereocenters. The maximum absolute atomic E-state index is 10.1. The van der Waals surface area contributed by atoms with Crippen molar-refractivity contribution in [3.8, 4) is 0 Å². The summed E-state index contributed by atoms with van der Waals surface area (Å²) in [6.07, 6.45) is 6.62. The Hall–Kier alpha value is -1.38. The third-order valence-electron chi connectivity index (χ3n) is 2.01. The molecule has 1 saturated carbocycles. The minimum absolute atomic E-state index is 0.105. The Morgan fingerprint density at radius 3 is 2.33 bits per heavy atom. The van der Waals surface area contributed by atoms with E-state index in [9.17, 15) is 4.79 Å². The first kappa shape index (κ1) is 13.6. The van der Waals surface area contributed by atoms with Gasteiger partial charge in [0.2, 0.25) is 0 Å². The Kier molecular flexibility index (Phi) is 7.24. The zero-order chi connectivity index (χ0) is 11.7. The zero-order valence-electron chi connectivity index (χ0n) is 9.28. The lowest BCUT2D eigenvalue weighted by atomic mass is 10.1. The van der Waals surface area contributed by atoms with Crippen LogP contribution in [0.3, 0.4) is 0 Å². The lowest BCUT2D eigenvalue weighted by Crippen LogP contribution is -1.94. The highest BCUT2D eigenvalue weighted by molar-refractivity contribution is 5.67. The second-order valence-corrected chi connectivity index (χ2v) is 3.67. The van der Waals surface area contributed by atoms with Crippen LogP contribution in [-0.2, 0) is 4.79 Å². The maximum Gasteiger partial charge on any atom is 0.303 e. The molecular weight excluding hydrogens is 190 g/mol. The van der Waals surface area contributed by atoms with Crippen LogP contribution in [0, 0.1) is 5.92 Å². The van der Waals surface area contributed by atoms with Crippen LogP contribution in [0.15, 0.2) is 29.4 Å². The summed E-state index contributed by atoms with van der Waals surface area (Å²) in [5.74, 6) is 0.266. The van der Waals surface area contributed by atoms with E-state index < -0.39 is 5.97 Å². The normalized spacial score (nSPS) is 14.9. The van der Waals surface area contributed by atoms with E-state index in [1.807, 2.05) is 0 Å². The van der Waals surface area contributed by atoms with Crippen LogP contribution in [0.25, 0.3) is 0 Å². The number of hydrogen-bond acceptors (Lipinski definition) is 2. The predicted molar refractivity (Wildman–Crippen MR) is 63.1 cm³/mol. The fourth-order valence-corrected chi connectivity index (χ4v) is 0.755. The number of aliphatic imine (C=N–C) groups is 1. The number of carboxylic acids is 1. The van der Waals surface area contributed by atoms with Crippen molar-refractivity contribution in [2.75, 3.05) is 0 Å². The van der Waals surface area contributed by atoms with Crippen LogP contribution in [-0.4, -0.2) is 17.8 Å². The highest BCUT2D eigenvalue weighted by Gasteiger charge is 2.12. The first-order chi connectivity index (χ1) is 7.10. The third kappa shape index (κ3) is 10.5. The van der Waals surface area contributed by atoms with Gasteiger partial charge in [-0.2, -0.15) is 0 Å². The quantitative estimate of drug-likeness (QED) is 0.559. The van der Waals surface area contributed by atoms with Gasteiger partial charge in [0, 0.05) is 12.6 Å². The van der Waals surface area contributed by atoms with E-state index in [4.69, 9.17) is 5.11 Å². The maximum atomic E-state index is 10.1. The standard InChI is InChI=1S/C8H11NO2.C4H8/c1-3-7(6-9-2)4-5-8(10)11;1-4-2-3-4/h3,6H,1-2,4-5H2,(H,10,11);4H,2-3H2,1H3/b7-6+;. The zero-order valence-corrected chi connectivity index (χ0v) is 9.28. The topological polar surface area (TPSA) is 49.7 Å².